The van der Waals surface area contributed by atoms with E-state index in [2.05, 4.69) is 10.6 Å². The van der Waals surface area contributed by atoms with Gasteiger partial charge >= 0.3 is 12.1 Å². The number of carboxylic acids is 1. The summed E-state index contributed by atoms with van der Waals surface area (Å²) in [7, 11) is 0. The Balaban J connectivity index is 1.39. The van der Waals surface area contributed by atoms with Gasteiger partial charge in [0.25, 0.3) is 5.91 Å². The van der Waals surface area contributed by atoms with Crippen molar-refractivity contribution in [1.82, 2.24) is 10.6 Å². The van der Waals surface area contributed by atoms with Crippen molar-refractivity contribution >= 4 is 23.7 Å². The van der Waals surface area contributed by atoms with Gasteiger partial charge in [0.15, 0.2) is 0 Å². The molecule has 1 saturated carbocycles. The molecule has 36 heavy (non-hydrogen) atoms. The number of carbonyl (C=O) groups excluding carboxylic acids is 2. The van der Waals surface area contributed by atoms with Crippen LogP contribution in [-0.4, -0.2) is 48.8 Å². The molecule has 1 aliphatic heterocycles. The molecule has 2 fully saturated rings. The Hall–Kier alpha value is -3.39. The third-order valence-electron chi connectivity index (χ3n) is 7.18. The number of nitrogens with zero attached hydrogens (tertiary/aromatic N) is 1. The van der Waals surface area contributed by atoms with Gasteiger partial charge in [0.2, 0.25) is 0 Å². The minimum absolute atomic E-state index is 0.0165. The maximum absolute atomic E-state index is 13.1. The van der Waals surface area contributed by atoms with Crippen molar-refractivity contribution in [2.45, 2.75) is 51.2 Å². The molecule has 0 spiro atoms. The number of hydrogen-bond acceptors (Lipinski definition) is 5. The van der Waals surface area contributed by atoms with Gasteiger partial charge in [-0.05, 0) is 87.4 Å². The average Bonchev–Trinajstić information content (AvgIpc) is 2.92. The Labute approximate surface area is 212 Å². The van der Waals surface area contributed by atoms with E-state index in [1.807, 2.05) is 30.3 Å². The van der Waals surface area contributed by atoms with Crippen LogP contribution in [0.15, 0.2) is 54.6 Å². The van der Waals surface area contributed by atoms with Crippen LogP contribution in [0, 0.1) is 11.8 Å². The van der Waals surface area contributed by atoms with E-state index in [1.165, 1.54) is 0 Å². The molecule has 1 saturated heterocycles. The number of hydrogen-bond donors (Lipinski definition) is 3. The summed E-state index contributed by atoms with van der Waals surface area (Å²) in [5, 5.41) is 15.5. The number of amides is 2. The molecule has 0 aromatic heterocycles. The van der Waals surface area contributed by atoms with Crippen LogP contribution < -0.4 is 15.5 Å². The van der Waals surface area contributed by atoms with Crippen LogP contribution in [0.3, 0.4) is 0 Å². The molecule has 8 heteroatoms. The lowest BCUT2D eigenvalue weighted by molar-refractivity contribution is -0.142. The number of nitrogens with one attached hydrogen (secondary N) is 2. The SMILES string of the molecule is O=C(N[C@H]1CC[C@H](C(=O)O)CC1)c1ccc(N(CC2CCNCC2)C(=O)OCc2ccccc2)cc1. The van der Waals surface area contributed by atoms with Crippen molar-refractivity contribution in [1.29, 1.82) is 0 Å². The van der Waals surface area contributed by atoms with Crippen LogP contribution >= 0.6 is 0 Å². The van der Waals surface area contributed by atoms with Gasteiger partial charge in [-0.15, -0.1) is 0 Å². The largest absolute Gasteiger partial charge is 0.481 e. The van der Waals surface area contributed by atoms with E-state index in [0.717, 1.165) is 31.5 Å². The highest BCUT2D eigenvalue weighted by molar-refractivity contribution is 5.95. The van der Waals surface area contributed by atoms with Gasteiger partial charge in [-0.25, -0.2) is 4.79 Å². The lowest BCUT2D eigenvalue weighted by Crippen LogP contribution is -2.40. The zero-order valence-corrected chi connectivity index (χ0v) is 20.5. The Morgan fingerprint density at radius 1 is 0.917 bits per heavy atom. The van der Waals surface area contributed by atoms with Crippen LogP contribution in [0.4, 0.5) is 10.5 Å². The summed E-state index contributed by atoms with van der Waals surface area (Å²) < 4.78 is 5.64. The Kier molecular flexibility index (Phi) is 8.95. The van der Waals surface area contributed by atoms with Gasteiger partial charge in [0.05, 0.1) is 5.92 Å². The highest BCUT2D eigenvalue weighted by atomic mass is 16.6. The smallest absolute Gasteiger partial charge is 0.414 e. The molecule has 2 aliphatic rings. The Morgan fingerprint density at radius 2 is 1.58 bits per heavy atom. The van der Waals surface area contributed by atoms with E-state index >= 15 is 0 Å². The van der Waals surface area contributed by atoms with Crippen LogP contribution in [0.5, 0.6) is 0 Å². The van der Waals surface area contributed by atoms with Crippen LogP contribution in [-0.2, 0) is 16.1 Å². The molecule has 0 atom stereocenters. The number of piperidine rings is 1. The third-order valence-corrected chi connectivity index (χ3v) is 7.18. The van der Waals surface area contributed by atoms with Gasteiger partial charge in [-0.1, -0.05) is 30.3 Å². The van der Waals surface area contributed by atoms with Gasteiger partial charge in [-0.3, -0.25) is 14.5 Å². The number of anilines is 1. The Bertz CT molecular complexity index is 1010. The van der Waals surface area contributed by atoms with Crippen LogP contribution in [0.2, 0.25) is 0 Å². The first kappa shape index (κ1) is 25.7. The predicted molar refractivity (Wildman–Crippen MR) is 137 cm³/mol. The van der Waals surface area contributed by atoms with Crippen LogP contribution in [0.1, 0.15) is 54.4 Å². The first-order chi connectivity index (χ1) is 17.5. The second-order valence-corrected chi connectivity index (χ2v) is 9.75. The second kappa shape index (κ2) is 12.5. The normalized spacial score (nSPS) is 20.3. The van der Waals surface area contributed by atoms with E-state index in [4.69, 9.17) is 9.84 Å². The third kappa shape index (κ3) is 7.07. The summed E-state index contributed by atoms with van der Waals surface area (Å²) >= 11 is 0. The molecule has 0 radical (unpaired) electrons. The average molecular weight is 494 g/mol. The summed E-state index contributed by atoms with van der Waals surface area (Å²) in [5.41, 5.74) is 2.14. The molecule has 1 heterocycles. The first-order valence-electron chi connectivity index (χ1n) is 12.8. The highest BCUT2D eigenvalue weighted by Crippen LogP contribution is 2.25. The molecule has 4 rings (SSSR count). The first-order valence-corrected chi connectivity index (χ1v) is 12.8. The summed E-state index contributed by atoms with van der Waals surface area (Å²) in [6, 6.07) is 16.6. The predicted octanol–water partition coefficient (Wildman–Crippen LogP) is 4.20. The van der Waals surface area contributed by atoms with E-state index < -0.39 is 12.1 Å². The van der Waals surface area contributed by atoms with Gasteiger partial charge in [0.1, 0.15) is 6.61 Å². The summed E-state index contributed by atoms with van der Waals surface area (Å²) in [5.74, 6) is -0.881. The number of carbonyl (C=O) groups is 3. The lowest BCUT2D eigenvalue weighted by Gasteiger charge is -2.30. The van der Waals surface area contributed by atoms with Gasteiger partial charge < -0.3 is 20.5 Å². The summed E-state index contributed by atoms with van der Waals surface area (Å²) in [4.78, 5) is 38.7. The van der Waals surface area contributed by atoms with Crippen molar-refractivity contribution in [2.75, 3.05) is 24.5 Å². The molecule has 2 aromatic carbocycles. The minimum atomic E-state index is -0.758. The number of ether oxygens (including phenoxy) is 1. The van der Waals surface area contributed by atoms with E-state index in [1.54, 1.807) is 29.2 Å². The van der Waals surface area contributed by atoms with E-state index in [9.17, 15) is 14.4 Å². The van der Waals surface area contributed by atoms with E-state index in [0.29, 0.717) is 49.4 Å². The zero-order valence-electron chi connectivity index (χ0n) is 20.5. The molecular formula is C28H35N3O5. The minimum Gasteiger partial charge on any atom is -0.481 e. The number of aliphatic carboxylic acids is 1. The fraction of sp³-hybridized carbons (Fsp3) is 0.464. The second-order valence-electron chi connectivity index (χ2n) is 9.75. The van der Waals surface area contributed by atoms with Crippen molar-refractivity contribution < 1.29 is 24.2 Å². The molecule has 2 amide bonds. The van der Waals surface area contributed by atoms with Crippen LogP contribution in [0.25, 0.3) is 0 Å². The summed E-state index contributed by atoms with van der Waals surface area (Å²) in [6.07, 6.45) is 4.08. The summed E-state index contributed by atoms with van der Waals surface area (Å²) in [6.45, 7) is 2.64. The monoisotopic (exact) mass is 493 g/mol. The van der Waals surface area contributed by atoms with Crippen molar-refractivity contribution in [2.24, 2.45) is 11.8 Å². The molecule has 192 valence electrons. The van der Waals surface area contributed by atoms with E-state index in [-0.39, 0.29) is 24.5 Å². The van der Waals surface area contributed by atoms with Crippen molar-refractivity contribution in [3.8, 4) is 0 Å². The molecule has 2 aromatic rings. The number of carboxylic acid groups (broad SMARTS) is 1. The topological polar surface area (TPSA) is 108 Å². The zero-order chi connectivity index (χ0) is 25.3. The molecule has 1 aliphatic carbocycles. The maximum Gasteiger partial charge on any atom is 0.414 e. The highest BCUT2D eigenvalue weighted by Gasteiger charge is 2.27. The van der Waals surface area contributed by atoms with Crippen molar-refractivity contribution in [3.05, 3.63) is 65.7 Å². The maximum atomic E-state index is 13.1. The lowest BCUT2D eigenvalue weighted by atomic mass is 9.86. The molecule has 0 unspecified atom stereocenters. The molecular weight excluding hydrogens is 458 g/mol. The fourth-order valence-corrected chi connectivity index (χ4v) is 4.95. The standard InChI is InChI=1S/C28H35N3O5/c32-26(30-24-10-6-23(7-11-24)27(33)34)22-8-12-25(13-9-22)31(18-20-14-16-29-17-15-20)28(35)36-19-21-4-2-1-3-5-21/h1-5,8-9,12-13,20,23-24,29H,6-7,10-11,14-19H2,(H,30,32)(H,33,34)/t23-,24-. The number of benzene rings is 2. The fourth-order valence-electron chi connectivity index (χ4n) is 4.95. The Morgan fingerprint density at radius 3 is 2.22 bits per heavy atom. The van der Waals surface area contributed by atoms with Gasteiger partial charge in [0, 0.05) is 23.8 Å². The number of rotatable bonds is 8. The van der Waals surface area contributed by atoms with Gasteiger partial charge in [-0.2, -0.15) is 0 Å². The quantitative estimate of drug-likeness (QED) is 0.509. The molecule has 8 nitrogen and oxygen atoms in total. The molecule has 0 bridgehead atoms. The van der Waals surface area contributed by atoms with Crippen molar-refractivity contribution in [3.63, 3.8) is 0 Å². The molecule has 3 N–H and O–H groups in total.